The average molecular weight is 404 g/mol. The van der Waals surface area contributed by atoms with Crippen LogP contribution < -0.4 is 10.0 Å². The number of benzene rings is 2. The molecule has 152 valence electrons. The highest BCUT2D eigenvalue weighted by molar-refractivity contribution is 7.92. The van der Waals surface area contributed by atoms with Gasteiger partial charge in [0.2, 0.25) is 5.91 Å². The minimum Gasteiger partial charge on any atom is -0.324 e. The molecule has 1 amide bonds. The predicted molar refractivity (Wildman–Crippen MR) is 114 cm³/mol. The topological polar surface area (TPSA) is 78.5 Å². The van der Waals surface area contributed by atoms with Crippen molar-refractivity contribution in [2.75, 3.05) is 29.7 Å². The summed E-state index contributed by atoms with van der Waals surface area (Å²) < 4.78 is 28.0. The van der Waals surface area contributed by atoms with E-state index in [0.29, 0.717) is 23.5 Å². The molecule has 0 unspecified atom stereocenters. The molecular weight excluding hydrogens is 374 g/mol. The van der Waals surface area contributed by atoms with Crippen LogP contribution in [0.5, 0.6) is 0 Å². The molecule has 2 aromatic carbocycles. The number of nitrogens with zero attached hydrogens (tertiary/aromatic N) is 1. The second kappa shape index (κ2) is 9.21. The molecule has 0 heterocycles. The first-order chi connectivity index (χ1) is 13.2. The fourth-order valence-electron chi connectivity index (χ4n) is 2.90. The van der Waals surface area contributed by atoms with E-state index < -0.39 is 10.0 Å². The van der Waals surface area contributed by atoms with Crippen molar-refractivity contribution in [3.63, 3.8) is 0 Å². The molecule has 0 radical (unpaired) electrons. The fourth-order valence-corrected chi connectivity index (χ4v) is 4.02. The van der Waals surface area contributed by atoms with Crippen LogP contribution >= 0.6 is 0 Å². The van der Waals surface area contributed by atoms with E-state index in [1.807, 2.05) is 32.6 Å². The van der Waals surface area contributed by atoms with Crippen LogP contribution in [-0.4, -0.2) is 38.9 Å². The van der Waals surface area contributed by atoms with Gasteiger partial charge in [-0.25, -0.2) is 8.42 Å². The van der Waals surface area contributed by atoms with E-state index in [2.05, 4.69) is 10.0 Å². The van der Waals surface area contributed by atoms with Crippen LogP contribution in [-0.2, 0) is 14.8 Å². The molecule has 7 heteroatoms. The molecule has 2 N–H and O–H groups in total. The van der Waals surface area contributed by atoms with E-state index >= 15 is 0 Å². The monoisotopic (exact) mass is 403 g/mol. The van der Waals surface area contributed by atoms with Crippen LogP contribution in [0.15, 0.2) is 41.3 Å². The molecule has 0 bridgehead atoms. The quantitative estimate of drug-likeness (QED) is 0.705. The molecular formula is C21H29N3O3S. The molecule has 0 aliphatic carbocycles. The van der Waals surface area contributed by atoms with Gasteiger partial charge in [0.15, 0.2) is 0 Å². The molecule has 0 aliphatic heterocycles. The molecule has 0 aromatic heterocycles. The number of likely N-dealkylation sites (N-methyl/N-ethyl adjacent to an activating group) is 1. The van der Waals surface area contributed by atoms with Gasteiger partial charge in [-0.3, -0.25) is 14.4 Å². The number of anilines is 2. The summed E-state index contributed by atoms with van der Waals surface area (Å²) in [4.78, 5) is 14.6. The van der Waals surface area contributed by atoms with Gasteiger partial charge in [0.25, 0.3) is 10.0 Å². The minimum absolute atomic E-state index is 0.117. The Morgan fingerprint density at radius 1 is 0.964 bits per heavy atom. The Bertz CT molecular complexity index is 934. The number of aryl methyl sites for hydroxylation is 2. The third kappa shape index (κ3) is 5.33. The van der Waals surface area contributed by atoms with Crippen molar-refractivity contribution < 1.29 is 13.2 Å². The number of carbonyl (C=O) groups is 1. The second-order valence-corrected chi connectivity index (χ2v) is 8.54. The highest BCUT2D eigenvalue weighted by atomic mass is 32.2. The molecule has 0 fully saturated rings. The number of carbonyl (C=O) groups excluding carboxylic acids is 1. The number of amides is 1. The Morgan fingerprint density at radius 3 is 2.14 bits per heavy atom. The van der Waals surface area contributed by atoms with Gasteiger partial charge in [0.05, 0.1) is 17.1 Å². The van der Waals surface area contributed by atoms with Crippen LogP contribution in [0.25, 0.3) is 0 Å². The van der Waals surface area contributed by atoms with Gasteiger partial charge in [-0.05, 0) is 63.2 Å². The zero-order valence-corrected chi connectivity index (χ0v) is 18.0. The second-order valence-electron chi connectivity index (χ2n) is 6.86. The number of nitrogens with one attached hydrogen (secondary N) is 2. The van der Waals surface area contributed by atoms with Gasteiger partial charge in [-0.15, -0.1) is 0 Å². The molecule has 0 saturated heterocycles. The number of sulfonamides is 1. The molecule has 28 heavy (non-hydrogen) atoms. The maximum atomic E-state index is 12.7. The Labute approximate surface area is 168 Å². The van der Waals surface area contributed by atoms with Crippen LogP contribution in [0.2, 0.25) is 0 Å². The van der Waals surface area contributed by atoms with Gasteiger partial charge < -0.3 is 5.32 Å². The molecule has 2 aromatic rings. The van der Waals surface area contributed by atoms with Crippen LogP contribution in [0.3, 0.4) is 0 Å². The summed E-state index contributed by atoms with van der Waals surface area (Å²) in [6.45, 7) is 11.5. The lowest BCUT2D eigenvalue weighted by molar-refractivity contribution is -0.117. The van der Waals surface area contributed by atoms with Crippen molar-refractivity contribution in [1.82, 2.24) is 4.90 Å². The summed E-state index contributed by atoms with van der Waals surface area (Å²) in [6.07, 6.45) is 0. The molecule has 0 saturated carbocycles. The summed E-state index contributed by atoms with van der Waals surface area (Å²) in [5.41, 5.74) is 3.64. The molecule has 0 aliphatic rings. The van der Waals surface area contributed by atoms with Gasteiger partial charge in [-0.2, -0.15) is 0 Å². The highest BCUT2D eigenvalue weighted by Gasteiger charge is 2.18. The van der Waals surface area contributed by atoms with Gasteiger partial charge >= 0.3 is 0 Å². The summed E-state index contributed by atoms with van der Waals surface area (Å²) in [5, 5.41) is 2.94. The standard InChI is InChI=1S/C21H29N3O3S/c1-6-24(7-2)14-20(25)22-21-16(4)10-13-19(17(21)5)23-28(26,27)18-11-8-15(3)9-12-18/h8-13,23H,6-7,14H2,1-5H3,(H,22,25). The predicted octanol–water partition coefficient (Wildman–Crippen LogP) is 3.69. The van der Waals surface area contributed by atoms with E-state index in [4.69, 9.17) is 0 Å². The van der Waals surface area contributed by atoms with Crippen LogP contribution in [0.4, 0.5) is 11.4 Å². The maximum Gasteiger partial charge on any atom is 0.261 e. The van der Waals surface area contributed by atoms with Crippen molar-refractivity contribution in [3.05, 3.63) is 53.1 Å². The molecule has 0 spiro atoms. The highest BCUT2D eigenvalue weighted by Crippen LogP contribution is 2.29. The van der Waals surface area contributed by atoms with Crippen LogP contribution in [0.1, 0.15) is 30.5 Å². The largest absolute Gasteiger partial charge is 0.324 e. The summed E-state index contributed by atoms with van der Waals surface area (Å²) in [5.74, 6) is -0.117. The number of hydrogen-bond acceptors (Lipinski definition) is 4. The first kappa shape index (κ1) is 21.9. The van der Waals surface area contributed by atoms with Crippen molar-refractivity contribution in [2.24, 2.45) is 0 Å². The Balaban J connectivity index is 2.26. The Kier molecular flexibility index (Phi) is 7.21. The number of rotatable bonds is 8. The summed E-state index contributed by atoms with van der Waals surface area (Å²) in [7, 11) is -3.71. The van der Waals surface area contributed by atoms with Crippen molar-refractivity contribution in [2.45, 2.75) is 39.5 Å². The first-order valence-corrected chi connectivity index (χ1v) is 10.9. The molecule has 6 nitrogen and oxygen atoms in total. The van der Waals surface area contributed by atoms with Crippen molar-refractivity contribution in [3.8, 4) is 0 Å². The molecule has 2 rings (SSSR count). The zero-order chi connectivity index (χ0) is 20.9. The molecule has 0 atom stereocenters. The lowest BCUT2D eigenvalue weighted by atomic mass is 10.1. The summed E-state index contributed by atoms with van der Waals surface area (Å²) in [6, 6.07) is 10.2. The SMILES string of the molecule is CCN(CC)CC(=O)Nc1c(C)ccc(NS(=O)(=O)c2ccc(C)cc2)c1C. The van der Waals surface area contributed by atoms with E-state index in [1.54, 1.807) is 43.3 Å². The average Bonchev–Trinajstić information content (AvgIpc) is 2.65. The fraction of sp³-hybridized carbons (Fsp3) is 0.381. The van der Waals surface area contributed by atoms with E-state index in [9.17, 15) is 13.2 Å². The minimum atomic E-state index is -3.71. The van der Waals surface area contributed by atoms with Gasteiger partial charge in [0, 0.05) is 5.69 Å². The third-order valence-electron chi connectivity index (χ3n) is 4.78. The Morgan fingerprint density at radius 2 is 1.57 bits per heavy atom. The summed E-state index contributed by atoms with van der Waals surface area (Å²) >= 11 is 0. The first-order valence-electron chi connectivity index (χ1n) is 9.39. The lowest BCUT2D eigenvalue weighted by Crippen LogP contribution is -2.33. The lowest BCUT2D eigenvalue weighted by Gasteiger charge is -2.20. The van der Waals surface area contributed by atoms with Crippen molar-refractivity contribution >= 4 is 27.3 Å². The Hall–Kier alpha value is -2.38. The van der Waals surface area contributed by atoms with E-state index in [-0.39, 0.29) is 10.8 Å². The smallest absolute Gasteiger partial charge is 0.261 e. The number of hydrogen-bond donors (Lipinski definition) is 2. The van der Waals surface area contributed by atoms with E-state index in [1.165, 1.54) is 0 Å². The van der Waals surface area contributed by atoms with Gasteiger partial charge in [-0.1, -0.05) is 37.6 Å². The third-order valence-corrected chi connectivity index (χ3v) is 6.16. The van der Waals surface area contributed by atoms with E-state index in [0.717, 1.165) is 24.2 Å². The normalized spacial score (nSPS) is 11.5. The van der Waals surface area contributed by atoms with Crippen LogP contribution in [0, 0.1) is 20.8 Å². The van der Waals surface area contributed by atoms with Gasteiger partial charge in [0.1, 0.15) is 0 Å². The van der Waals surface area contributed by atoms with Crippen molar-refractivity contribution in [1.29, 1.82) is 0 Å². The zero-order valence-electron chi connectivity index (χ0n) is 17.2. The maximum absolute atomic E-state index is 12.7.